The van der Waals surface area contributed by atoms with E-state index >= 15 is 0 Å². The molecule has 0 aliphatic carbocycles. The summed E-state index contributed by atoms with van der Waals surface area (Å²) in [5, 5.41) is 5.75. The van der Waals surface area contributed by atoms with Gasteiger partial charge in [0, 0.05) is 37.8 Å². The van der Waals surface area contributed by atoms with Crippen LogP contribution >= 0.6 is 0 Å². The van der Waals surface area contributed by atoms with Gasteiger partial charge in [0.05, 0.1) is 5.71 Å². The van der Waals surface area contributed by atoms with Crippen molar-refractivity contribution in [3.63, 3.8) is 0 Å². The van der Waals surface area contributed by atoms with Gasteiger partial charge in [-0.2, -0.15) is 5.10 Å². The summed E-state index contributed by atoms with van der Waals surface area (Å²) in [7, 11) is 1.65. The molecule has 24 heavy (non-hydrogen) atoms. The Bertz CT molecular complexity index is 517. The van der Waals surface area contributed by atoms with Crippen LogP contribution in [0.3, 0.4) is 0 Å². The second-order valence-electron chi connectivity index (χ2n) is 6.71. The lowest BCUT2D eigenvalue weighted by Crippen LogP contribution is -2.41. The summed E-state index contributed by atoms with van der Waals surface area (Å²) in [5.74, 6) is -2.70. The minimum Gasteiger partial charge on any atom is -0.290 e. The Morgan fingerprint density at radius 1 is 1.17 bits per heavy atom. The van der Waals surface area contributed by atoms with E-state index in [0.29, 0.717) is 12.1 Å². The van der Waals surface area contributed by atoms with Gasteiger partial charge in [-0.05, 0) is 12.5 Å². The third kappa shape index (κ3) is 5.25. The quantitative estimate of drug-likeness (QED) is 0.544. The predicted molar refractivity (Wildman–Crippen MR) is 94.5 cm³/mol. The highest BCUT2D eigenvalue weighted by atomic mass is 19.3. The Balaban J connectivity index is 1.78. The van der Waals surface area contributed by atoms with Crippen LogP contribution < -0.4 is 0 Å². The number of unbranched alkanes of at least 4 members (excludes halogenated alkanes) is 6. The molecule has 0 N–H and O–H groups in total. The van der Waals surface area contributed by atoms with E-state index in [1.165, 1.54) is 24.3 Å². The molecule has 1 aromatic heterocycles. The number of aromatic nitrogens is 1. The van der Waals surface area contributed by atoms with Crippen molar-refractivity contribution in [3.8, 4) is 0 Å². The van der Waals surface area contributed by atoms with Crippen LogP contribution in [0.25, 0.3) is 0 Å². The van der Waals surface area contributed by atoms with Gasteiger partial charge in [0.15, 0.2) is 0 Å². The summed E-state index contributed by atoms with van der Waals surface area (Å²) in [6, 6.07) is 2.84. The molecule has 5 heteroatoms. The average Bonchev–Trinajstić information content (AvgIpc) is 2.98. The maximum Gasteiger partial charge on any atom is 0.270 e. The van der Waals surface area contributed by atoms with Crippen LogP contribution in [-0.2, 0) is 0 Å². The smallest absolute Gasteiger partial charge is 0.270 e. The largest absolute Gasteiger partial charge is 0.290 e. The molecule has 0 fully saturated rings. The summed E-state index contributed by atoms with van der Waals surface area (Å²) in [6.45, 7) is 2.18. The molecule has 0 bridgehead atoms. The number of hydrogen-bond donors (Lipinski definition) is 0. The van der Waals surface area contributed by atoms with Crippen molar-refractivity contribution in [1.82, 2.24) is 9.99 Å². The summed E-state index contributed by atoms with van der Waals surface area (Å²) in [4.78, 5) is 4.05. The van der Waals surface area contributed by atoms with Crippen molar-refractivity contribution < 1.29 is 8.78 Å². The van der Waals surface area contributed by atoms with Gasteiger partial charge in [-0.1, -0.05) is 51.5 Å². The van der Waals surface area contributed by atoms with Crippen LogP contribution in [0.15, 0.2) is 29.6 Å². The van der Waals surface area contributed by atoms with Crippen molar-refractivity contribution in [2.45, 2.75) is 76.7 Å². The van der Waals surface area contributed by atoms with E-state index in [0.717, 1.165) is 24.8 Å². The number of hydrogen-bond acceptors (Lipinski definition) is 3. The van der Waals surface area contributed by atoms with Gasteiger partial charge < -0.3 is 0 Å². The van der Waals surface area contributed by atoms with Crippen molar-refractivity contribution in [1.29, 1.82) is 0 Å². The Labute approximate surface area is 144 Å². The number of nitrogens with zero attached hydrogens (tertiary/aromatic N) is 3. The zero-order valence-electron chi connectivity index (χ0n) is 14.8. The van der Waals surface area contributed by atoms with E-state index < -0.39 is 12.0 Å². The Morgan fingerprint density at radius 2 is 1.88 bits per heavy atom. The third-order valence-electron chi connectivity index (χ3n) is 4.71. The standard InChI is InChI=1S/C19H29F2N3/c1-3-4-5-6-7-8-9-12-19(20,21)18-14-17(23-24(18)2)16-11-10-13-22-15-16/h10-11,13,15,18H,3-9,12,14H2,1-2H3. The molecule has 1 aliphatic rings. The van der Waals surface area contributed by atoms with E-state index in [1.807, 2.05) is 12.1 Å². The van der Waals surface area contributed by atoms with Gasteiger partial charge in [-0.25, -0.2) is 8.78 Å². The van der Waals surface area contributed by atoms with Crippen LogP contribution in [0, 0.1) is 0 Å². The van der Waals surface area contributed by atoms with Gasteiger partial charge in [-0.3, -0.25) is 9.99 Å². The maximum absolute atomic E-state index is 14.6. The highest BCUT2D eigenvalue weighted by Crippen LogP contribution is 2.35. The first-order valence-corrected chi connectivity index (χ1v) is 9.13. The normalized spacial score (nSPS) is 18.1. The first kappa shape index (κ1) is 18.8. The molecule has 0 radical (unpaired) electrons. The number of halogens is 2. The van der Waals surface area contributed by atoms with E-state index in [-0.39, 0.29) is 12.8 Å². The molecule has 2 rings (SSSR count). The maximum atomic E-state index is 14.6. The van der Waals surface area contributed by atoms with Crippen LogP contribution in [0.1, 0.15) is 70.3 Å². The number of rotatable bonds is 10. The lowest BCUT2D eigenvalue weighted by Gasteiger charge is -2.28. The molecule has 134 valence electrons. The van der Waals surface area contributed by atoms with Crippen molar-refractivity contribution in [2.24, 2.45) is 5.10 Å². The van der Waals surface area contributed by atoms with E-state index in [2.05, 4.69) is 17.0 Å². The van der Waals surface area contributed by atoms with Gasteiger partial charge in [-0.15, -0.1) is 0 Å². The highest BCUT2D eigenvalue weighted by molar-refractivity contribution is 6.01. The van der Waals surface area contributed by atoms with Crippen molar-refractivity contribution in [3.05, 3.63) is 30.1 Å². The van der Waals surface area contributed by atoms with E-state index in [4.69, 9.17) is 0 Å². The summed E-state index contributed by atoms with van der Waals surface area (Å²) >= 11 is 0. The fourth-order valence-electron chi connectivity index (χ4n) is 3.23. The monoisotopic (exact) mass is 337 g/mol. The highest BCUT2D eigenvalue weighted by Gasteiger charge is 2.44. The lowest BCUT2D eigenvalue weighted by molar-refractivity contribution is -0.0748. The van der Waals surface area contributed by atoms with Crippen molar-refractivity contribution >= 4 is 5.71 Å². The second-order valence-corrected chi connectivity index (χ2v) is 6.71. The first-order valence-electron chi connectivity index (χ1n) is 9.13. The molecule has 0 amide bonds. The summed E-state index contributed by atoms with van der Waals surface area (Å²) in [5.41, 5.74) is 1.54. The Morgan fingerprint density at radius 3 is 2.54 bits per heavy atom. The average molecular weight is 337 g/mol. The number of hydrazone groups is 1. The summed E-state index contributed by atoms with van der Waals surface area (Å²) in [6.07, 6.45) is 11.0. The van der Waals surface area contributed by atoms with E-state index in [1.54, 1.807) is 19.4 Å². The zero-order chi connectivity index (χ0) is 17.4. The van der Waals surface area contributed by atoms with Crippen LogP contribution in [0.2, 0.25) is 0 Å². The molecule has 0 spiro atoms. The molecular formula is C19H29F2N3. The first-order chi connectivity index (χ1) is 11.5. The lowest BCUT2D eigenvalue weighted by atomic mass is 9.96. The Hall–Kier alpha value is -1.52. The molecule has 2 heterocycles. The zero-order valence-corrected chi connectivity index (χ0v) is 14.8. The molecular weight excluding hydrogens is 308 g/mol. The molecule has 1 atom stereocenters. The van der Waals surface area contributed by atoms with Gasteiger partial charge >= 0.3 is 0 Å². The van der Waals surface area contributed by atoms with Gasteiger partial charge in [0.25, 0.3) is 5.92 Å². The molecule has 3 nitrogen and oxygen atoms in total. The van der Waals surface area contributed by atoms with Crippen LogP contribution in [0.5, 0.6) is 0 Å². The van der Waals surface area contributed by atoms with E-state index in [9.17, 15) is 8.78 Å². The Kier molecular flexibility index (Phi) is 7.13. The van der Waals surface area contributed by atoms with Gasteiger partial charge in [0.2, 0.25) is 0 Å². The molecule has 1 unspecified atom stereocenters. The predicted octanol–water partition coefficient (Wildman–Crippen LogP) is 5.27. The minimum atomic E-state index is -2.70. The summed E-state index contributed by atoms with van der Waals surface area (Å²) < 4.78 is 29.1. The van der Waals surface area contributed by atoms with Gasteiger partial charge in [0.1, 0.15) is 6.04 Å². The van der Waals surface area contributed by atoms with Crippen LogP contribution in [-0.4, -0.2) is 34.7 Å². The number of alkyl halides is 2. The molecule has 1 aliphatic heterocycles. The topological polar surface area (TPSA) is 28.5 Å². The fraction of sp³-hybridized carbons (Fsp3) is 0.684. The molecule has 0 saturated carbocycles. The molecule has 1 aromatic rings. The third-order valence-corrected chi connectivity index (χ3v) is 4.71. The SMILES string of the molecule is CCCCCCCCCC(F)(F)C1CC(c2cccnc2)=NN1C. The molecule has 0 aromatic carbocycles. The number of pyridine rings is 1. The second kappa shape index (κ2) is 9.09. The van der Waals surface area contributed by atoms with Crippen LogP contribution in [0.4, 0.5) is 8.78 Å². The fourth-order valence-corrected chi connectivity index (χ4v) is 3.23. The minimum absolute atomic E-state index is 0.0500. The van der Waals surface area contributed by atoms with Crippen molar-refractivity contribution in [2.75, 3.05) is 7.05 Å². The molecule has 0 saturated heterocycles.